The minimum absolute atomic E-state index is 0.683. The van der Waals surface area contributed by atoms with E-state index in [4.69, 9.17) is 0 Å². The summed E-state index contributed by atoms with van der Waals surface area (Å²) in [5.41, 5.74) is 1.84. The van der Waals surface area contributed by atoms with Crippen molar-refractivity contribution in [3.63, 3.8) is 0 Å². The smallest absolute Gasteiger partial charge is 0.142 e. The summed E-state index contributed by atoms with van der Waals surface area (Å²) in [6.07, 6.45) is 7.36. The summed E-state index contributed by atoms with van der Waals surface area (Å²) < 4.78 is 1.98. The molecular formula is C13H17N3O. The molecule has 17 heavy (non-hydrogen) atoms. The van der Waals surface area contributed by atoms with Gasteiger partial charge in [-0.3, -0.25) is 4.98 Å². The molecule has 0 fully saturated rings. The molecule has 4 heteroatoms. The molecule has 2 heterocycles. The van der Waals surface area contributed by atoms with Crippen molar-refractivity contribution >= 4 is 0 Å². The number of pyridine rings is 1. The van der Waals surface area contributed by atoms with Gasteiger partial charge in [0.25, 0.3) is 0 Å². The molecule has 0 amide bonds. The first-order chi connectivity index (χ1) is 8.24. The highest BCUT2D eigenvalue weighted by atomic mass is 16.3. The Balaban J connectivity index is 2.34. The molecule has 0 aliphatic carbocycles. The molecule has 2 aromatic heterocycles. The van der Waals surface area contributed by atoms with Crippen molar-refractivity contribution < 1.29 is 5.11 Å². The van der Waals surface area contributed by atoms with Crippen LogP contribution in [0.25, 0.3) is 0 Å². The Bertz CT molecular complexity index is 493. The van der Waals surface area contributed by atoms with Gasteiger partial charge in [-0.1, -0.05) is 6.92 Å². The second-order valence-electron chi connectivity index (χ2n) is 4.11. The van der Waals surface area contributed by atoms with E-state index < -0.39 is 6.10 Å². The van der Waals surface area contributed by atoms with Gasteiger partial charge in [-0.15, -0.1) is 0 Å². The van der Waals surface area contributed by atoms with Crippen molar-refractivity contribution in [1.29, 1.82) is 0 Å². The lowest BCUT2D eigenvalue weighted by Crippen LogP contribution is -2.11. The van der Waals surface area contributed by atoms with Crippen LogP contribution in [-0.2, 0) is 6.54 Å². The Morgan fingerprint density at radius 3 is 2.94 bits per heavy atom. The zero-order valence-electron chi connectivity index (χ0n) is 10.2. The number of rotatable bonds is 4. The molecule has 1 atom stereocenters. The number of aryl methyl sites for hydroxylation is 2. The molecule has 2 rings (SSSR count). The van der Waals surface area contributed by atoms with Gasteiger partial charge in [0.1, 0.15) is 11.9 Å². The third-order valence-electron chi connectivity index (χ3n) is 2.83. The van der Waals surface area contributed by atoms with Crippen molar-refractivity contribution in [2.75, 3.05) is 0 Å². The van der Waals surface area contributed by atoms with Crippen molar-refractivity contribution in [3.05, 3.63) is 47.8 Å². The lowest BCUT2D eigenvalue weighted by molar-refractivity contribution is 0.203. The molecule has 0 bridgehead atoms. The van der Waals surface area contributed by atoms with Crippen LogP contribution in [0.2, 0.25) is 0 Å². The summed E-state index contributed by atoms with van der Waals surface area (Å²) in [6.45, 7) is 4.94. The number of hydrogen-bond acceptors (Lipinski definition) is 3. The van der Waals surface area contributed by atoms with Crippen molar-refractivity contribution in [3.8, 4) is 0 Å². The molecule has 0 aliphatic rings. The first kappa shape index (κ1) is 11.8. The van der Waals surface area contributed by atoms with E-state index in [0.29, 0.717) is 5.82 Å². The largest absolute Gasteiger partial charge is 0.380 e. The highest BCUT2D eigenvalue weighted by molar-refractivity contribution is 5.28. The van der Waals surface area contributed by atoms with Crippen LogP contribution in [0.15, 0.2) is 30.9 Å². The molecule has 4 nitrogen and oxygen atoms in total. The molecule has 0 aliphatic heterocycles. The Kier molecular flexibility index (Phi) is 3.54. The van der Waals surface area contributed by atoms with Gasteiger partial charge in [-0.2, -0.15) is 0 Å². The predicted molar refractivity (Wildman–Crippen MR) is 65.6 cm³/mol. The van der Waals surface area contributed by atoms with Gasteiger partial charge < -0.3 is 9.67 Å². The average Bonchev–Trinajstić information content (AvgIpc) is 2.78. The molecule has 1 unspecified atom stereocenters. The van der Waals surface area contributed by atoms with E-state index in [2.05, 4.69) is 16.9 Å². The number of imidazole rings is 1. The molecule has 0 saturated heterocycles. The summed E-state index contributed by atoms with van der Waals surface area (Å²) in [7, 11) is 0. The zero-order valence-corrected chi connectivity index (χ0v) is 10.2. The van der Waals surface area contributed by atoms with Crippen LogP contribution in [0, 0.1) is 6.92 Å². The first-order valence-electron chi connectivity index (χ1n) is 5.83. The normalized spacial score (nSPS) is 12.6. The van der Waals surface area contributed by atoms with Gasteiger partial charge in [-0.25, -0.2) is 4.98 Å². The van der Waals surface area contributed by atoms with Gasteiger partial charge in [-0.05, 0) is 25.0 Å². The topological polar surface area (TPSA) is 50.9 Å². The number of hydrogen-bond donors (Lipinski definition) is 1. The quantitative estimate of drug-likeness (QED) is 0.876. The van der Waals surface area contributed by atoms with E-state index in [1.807, 2.05) is 23.8 Å². The highest BCUT2D eigenvalue weighted by Gasteiger charge is 2.17. The third-order valence-corrected chi connectivity index (χ3v) is 2.83. The highest BCUT2D eigenvalue weighted by Crippen LogP contribution is 2.22. The summed E-state index contributed by atoms with van der Waals surface area (Å²) in [5, 5.41) is 10.3. The Morgan fingerprint density at radius 2 is 2.24 bits per heavy atom. The molecule has 90 valence electrons. The van der Waals surface area contributed by atoms with E-state index in [1.165, 1.54) is 0 Å². The second kappa shape index (κ2) is 5.10. The molecule has 2 aromatic rings. The lowest BCUT2D eigenvalue weighted by atomic mass is 10.1. The standard InChI is InChI=1S/C13H17N3O/c1-3-7-16-8-6-15-13(16)12(17)11-9-14-5-4-10(11)2/h4-6,8-9,12,17H,3,7H2,1-2H3. The SMILES string of the molecule is CCCn1ccnc1C(O)c1cnccc1C. The maximum absolute atomic E-state index is 10.3. The van der Waals surface area contributed by atoms with Gasteiger partial charge in [0.2, 0.25) is 0 Å². The van der Waals surface area contributed by atoms with Crippen LogP contribution >= 0.6 is 0 Å². The fourth-order valence-electron chi connectivity index (χ4n) is 1.90. The maximum atomic E-state index is 10.3. The minimum Gasteiger partial charge on any atom is -0.380 e. The van der Waals surface area contributed by atoms with Gasteiger partial charge in [0, 0.05) is 36.9 Å². The summed E-state index contributed by atoms with van der Waals surface area (Å²) in [4.78, 5) is 8.29. The molecule has 0 aromatic carbocycles. The van der Waals surface area contributed by atoms with Gasteiger partial charge in [0.15, 0.2) is 0 Å². The third kappa shape index (κ3) is 2.36. The Morgan fingerprint density at radius 1 is 1.41 bits per heavy atom. The summed E-state index contributed by atoms with van der Waals surface area (Å²) >= 11 is 0. The number of nitrogens with zero attached hydrogens (tertiary/aromatic N) is 3. The number of aliphatic hydroxyl groups excluding tert-OH is 1. The van der Waals surface area contributed by atoms with Crippen LogP contribution in [0.3, 0.4) is 0 Å². The van der Waals surface area contributed by atoms with Crippen molar-refractivity contribution in [1.82, 2.24) is 14.5 Å². The average molecular weight is 231 g/mol. The van der Waals surface area contributed by atoms with Crippen LogP contribution in [0.4, 0.5) is 0 Å². The van der Waals surface area contributed by atoms with Crippen LogP contribution in [-0.4, -0.2) is 19.6 Å². The molecule has 0 spiro atoms. The maximum Gasteiger partial charge on any atom is 0.142 e. The van der Waals surface area contributed by atoms with Gasteiger partial charge in [0.05, 0.1) is 0 Å². The van der Waals surface area contributed by atoms with Crippen molar-refractivity contribution in [2.45, 2.75) is 32.9 Å². The monoisotopic (exact) mass is 231 g/mol. The minimum atomic E-state index is -0.703. The fourth-order valence-corrected chi connectivity index (χ4v) is 1.90. The molecule has 0 saturated carbocycles. The molecule has 1 N–H and O–H groups in total. The lowest BCUT2D eigenvalue weighted by Gasteiger charge is -2.14. The number of aromatic nitrogens is 3. The van der Waals surface area contributed by atoms with E-state index in [-0.39, 0.29) is 0 Å². The summed E-state index contributed by atoms with van der Waals surface area (Å²) in [6, 6.07) is 1.89. The van der Waals surface area contributed by atoms with E-state index in [0.717, 1.165) is 24.1 Å². The molecular weight excluding hydrogens is 214 g/mol. The predicted octanol–water partition coefficient (Wildman–Crippen LogP) is 2.08. The van der Waals surface area contributed by atoms with Crippen LogP contribution < -0.4 is 0 Å². The second-order valence-corrected chi connectivity index (χ2v) is 4.11. The molecule has 0 radical (unpaired) electrons. The van der Waals surface area contributed by atoms with Crippen LogP contribution in [0.1, 0.15) is 36.4 Å². The van der Waals surface area contributed by atoms with Crippen LogP contribution in [0.5, 0.6) is 0 Å². The van der Waals surface area contributed by atoms with Gasteiger partial charge >= 0.3 is 0 Å². The Labute approximate surface area is 101 Å². The Hall–Kier alpha value is -1.68. The van der Waals surface area contributed by atoms with E-state index >= 15 is 0 Å². The van der Waals surface area contributed by atoms with Crippen molar-refractivity contribution in [2.24, 2.45) is 0 Å². The summed E-state index contributed by atoms with van der Waals surface area (Å²) in [5.74, 6) is 0.683. The fraction of sp³-hybridized carbons (Fsp3) is 0.385. The van der Waals surface area contributed by atoms with E-state index in [1.54, 1.807) is 18.6 Å². The van der Waals surface area contributed by atoms with E-state index in [9.17, 15) is 5.11 Å². The number of aliphatic hydroxyl groups is 1. The first-order valence-corrected chi connectivity index (χ1v) is 5.83. The zero-order chi connectivity index (χ0) is 12.3.